The van der Waals surface area contributed by atoms with E-state index in [-0.39, 0.29) is 28.7 Å². The predicted molar refractivity (Wildman–Crippen MR) is 99.4 cm³/mol. The van der Waals surface area contributed by atoms with Gasteiger partial charge in [0.15, 0.2) is 11.4 Å². The van der Waals surface area contributed by atoms with E-state index < -0.39 is 12.7 Å². The van der Waals surface area contributed by atoms with Crippen LogP contribution in [0.3, 0.4) is 0 Å². The molecule has 1 aliphatic heterocycles. The zero-order chi connectivity index (χ0) is 21.2. The summed E-state index contributed by atoms with van der Waals surface area (Å²) >= 11 is 0. The lowest BCUT2D eigenvalue weighted by molar-refractivity contribution is -0.115. The number of nitrogens with one attached hydrogen (secondary N) is 1. The maximum absolute atomic E-state index is 12.7. The fourth-order valence-corrected chi connectivity index (χ4v) is 3.10. The number of fused-ring (bicyclic) bond motifs is 1. The summed E-state index contributed by atoms with van der Waals surface area (Å²) in [5.74, 6) is 0.00899. The molecule has 11 heteroatoms. The van der Waals surface area contributed by atoms with Crippen molar-refractivity contribution in [2.24, 2.45) is 17.3 Å². The molecule has 0 unspecified atom stereocenters. The topological polar surface area (TPSA) is 105 Å². The van der Waals surface area contributed by atoms with E-state index in [1.54, 1.807) is 18.2 Å². The monoisotopic (exact) mass is 402 g/mol. The number of hydrogen-bond donors (Lipinski definition) is 1. The summed E-state index contributed by atoms with van der Waals surface area (Å²) in [6.07, 6.45) is -2.69. The van der Waals surface area contributed by atoms with Gasteiger partial charge in [0.25, 0.3) is 5.95 Å². The number of aromatic nitrogens is 2. The smallest absolute Gasteiger partial charge is 0.375 e. The Labute approximate surface area is 164 Å². The van der Waals surface area contributed by atoms with Crippen molar-refractivity contribution in [3.63, 3.8) is 0 Å². The minimum Gasteiger partial charge on any atom is -0.375 e. The Morgan fingerprint density at radius 2 is 1.97 bits per heavy atom. The number of rotatable bonds is 4. The average Bonchev–Trinajstić information content (AvgIpc) is 2.99. The molecule has 150 valence electrons. The number of aryl methyl sites for hydroxylation is 1. The van der Waals surface area contributed by atoms with Gasteiger partial charge in [-0.05, 0) is 30.5 Å². The van der Waals surface area contributed by atoms with E-state index >= 15 is 0 Å². The van der Waals surface area contributed by atoms with Crippen LogP contribution in [0.15, 0.2) is 22.4 Å². The first-order chi connectivity index (χ1) is 13.7. The Hall–Kier alpha value is -3.60. The molecular weight excluding hydrogens is 385 g/mol. The molecule has 1 aliphatic rings. The molecule has 0 bridgehead atoms. The van der Waals surface area contributed by atoms with Gasteiger partial charge in [-0.1, -0.05) is 0 Å². The Kier molecular flexibility index (Phi) is 5.41. The average molecular weight is 402 g/mol. The van der Waals surface area contributed by atoms with E-state index in [4.69, 9.17) is 10.5 Å². The highest BCUT2D eigenvalue weighted by molar-refractivity contribution is 5.75. The summed E-state index contributed by atoms with van der Waals surface area (Å²) in [7, 11) is 3.39. The lowest BCUT2D eigenvalue weighted by Crippen LogP contribution is -2.25. The summed E-state index contributed by atoms with van der Waals surface area (Å²) in [6, 6.07) is 7.00. The Bertz CT molecular complexity index is 1040. The van der Waals surface area contributed by atoms with Gasteiger partial charge in [0.05, 0.1) is 5.69 Å². The van der Waals surface area contributed by atoms with E-state index in [0.717, 1.165) is 30.6 Å². The molecule has 0 fully saturated rings. The number of halogens is 3. The molecule has 1 aromatic heterocycles. The van der Waals surface area contributed by atoms with Crippen molar-refractivity contribution in [3.8, 4) is 12.1 Å². The van der Waals surface area contributed by atoms with Crippen molar-refractivity contribution >= 4 is 23.0 Å². The number of nitrogens with zero attached hydrogens (tertiary/aromatic N) is 7. The van der Waals surface area contributed by atoms with Crippen molar-refractivity contribution in [2.45, 2.75) is 19.0 Å². The van der Waals surface area contributed by atoms with Gasteiger partial charge in [0.2, 0.25) is 0 Å². The van der Waals surface area contributed by atoms with Crippen LogP contribution in [0, 0.1) is 22.7 Å². The van der Waals surface area contributed by atoms with Crippen molar-refractivity contribution in [2.75, 3.05) is 30.4 Å². The molecule has 2 heterocycles. The maximum atomic E-state index is 12.7. The third kappa shape index (κ3) is 4.29. The second-order valence-electron chi connectivity index (χ2n) is 6.58. The van der Waals surface area contributed by atoms with E-state index in [9.17, 15) is 13.2 Å². The Balaban J connectivity index is 2.01. The maximum Gasteiger partial charge on any atom is 0.405 e. The van der Waals surface area contributed by atoms with Gasteiger partial charge in [-0.25, -0.2) is 0 Å². The molecule has 1 N–H and O–H groups in total. The highest BCUT2D eigenvalue weighted by Gasteiger charge is 2.27. The van der Waals surface area contributed by atoms with Crippen molar-refractivity contribution in [1.29, 1.82) is 10.5 Å². The molecular formula is C18H17F3N8. The zero-order valence-electron chi connectivity index (χ0n) is 15.7. The Morgan fingerprint density at radius 1 is 1.21 bits per heavy atom. The second-order valence-corrected chi connectivity index (χ2v) is 6.58. The molecule has 2 aromatic rings. The quantitative estimate of drug-likeness (QED) is 0.780. The van der Waals surface area contributed by atoms with Crippen molar-refractivity contribution in [3.05, 3.63) is 29.1 Å². The van der Waals surface area contributed by atoms with Gasteiger partial charge in [-0.3, -0.25) is 0 Å². The number of nitriles is 2. The first-order valence-electron chi connectivity index (χ1n) is 8.71. The Morgan fingerprint density at radius 3 is 2.59 bits per heavy atom. The number of hydrogen-bond acceptors (Lipinski definition) is 7. The molecule has 0 saturated heterocycles. The lowest BCUT2D eigenvalue weighted by atomic mass is 10.0. The van der Waals surface area contributed by atoms with E-state index in [0.29, 0.717) is 0 Å². The minimum atomic E-state index is -4.39. The fourth-order valence-electron chi connectivity index (χ4n) is 3.10. The molecule has 0 radical (unpaired) electrons. The normalized spacial score (nSPS) is 13.8. The SMILES string of the molecule is CN1CCCc2cc(N=Nc3nc(C#N)c(C#N)n3C)c(NCC(F)(F)F)cc21. The second kappa shape index (κ2) is 7.80. The van der Waals surface area contributed by atoms with E-state index in [1.165, 1.54) is 11.6 Å². The van der Waals surface area contributed by atoms with E-state index in [1.807, 2.05) is 18.0 Å². The molecule has 0 spiro atoms. The zero-order valence-corrected chi connectivity index (χ0v) is 15.7. The third-order valence-electron chi connectivity index (χ3n) is 4.56. The number of anilines is 2. The number of azo groups is 1. The van der Waals surface area contributed by atoms with Crippen LogP contribution in [-0.2, 0) is 13.5 Å². The van der Waals surface area contributed by atoms with Crippen LogP contribution in [0.25, 0.3) is 0 Å². The van der Waals surface area contributed by atoms with Gasteiger partial charge in [0.1, 0.15) is 24.4 Å². The van der Waals surface area contributed by atoms with Crippen LogP contribution < -0.4 is 10.2 Å². The molecule has 0 amide bonds. The van der Waals surface area contributed by atoms with Gasteiger partial charge < -0.3 is 14.8 Å². The highest BCUT2D eigenvalue weighted by atomic mass is 19.4. The van der Waals surface area contributed by atoms with Gasteiger partial charge in [-0.2, -0.15) is 28.7 Å². The number of imidazole rings is 1. The summed E-state index contributed by atoms with van der Waals surface area (Å²) in [5, 5.41) is 28.6. The van der Waals surface area contributed by atoms with Crippen LogP contribution in [0.4, 0.5) is 36.2 Å². The molecule has 8 nitrogen and oxygen atoms in total. The first kappa shape index (κ1) is 20.1. The third-order valence-corrected chi connectivity index (χ3v) is 4.56. The molecule has 0 atom stereocenters. The van der Waals surface area contributed by atoms with E-state index in [2.05, 4.69) is 20.5 Å². The summed E-state index contributed by atoms with van der Waals surface area (Å²) < 4.78 is 39.5. The molecule has 0 saturated carbocycles. The summed E-state index contributed by atoms with van der Waals surface area (Å²) in [6.45, 7) is -0.398. The molecule has 3 rings (SSSR count). The summed E-state index contributed by atoms with van der Waals surface area (Å²) in [5.41, 5.74) is 2.16. The van der Waals surface area contributed by atoms with Gasteiger partial charge >= 0.3 is 6.18 Å². The number of benzene rings is 1. The van der Waals surface area contributed by atoms with Crippen molar-refractivity contribution in [1.82, 2.24) is 9.55 Å². The van der Waals surface area contributed by atoms with Crippen LogP contribution in [0.2, 0.25) is 0 Å². The first-order valence-corrected chi connectivity index (χ1v) is 8.71. The van der Waals surface area contributed by atoms with Crippen LogP contribution in [0.1, 0.15) is 23.4 Å². The fraction of sp³-hybridized carbons (Fsp3) is 0.389. The van der Waals surface area contributed by atoms with Gasteiger partial charge in [0, 0.05) is 26.3 Å². The largest absolute Gasteiger partial charge is 0.405 e. The van der Waals surface area contributed by atoms with Crippen LogP contribution in [0.5, 0.6) is 0 Å². The summed E-state index contributed by atoms with van der Waals surface area (Å²) in [4.78, 5) is 5.92. The molecule has 1 aromatic carbocycles. The lowest BCUT2D eigenvalue weighted by Gasteiger charge is -2.28. The molecule has 0 aliphatic carbocycles. The molecule has 29 heavy (non-hydrogen) atoms. The highest BCUT2D eigenvalue weighted by Crippen LogP contribution is 2.37. The van der Waals surface area contributed by atoms with Gasteiger partial charge in [-0.15, -0.1) is 10.2 Å². The predicted octanol–water partition coefficient (Wildman–Crippen LogP) is 3.94. The van der Waals surface area contributed by atoms with Crippen LogP contribution in [-0.4, -0.2) is 35.9 Å². The number of alkyl halides is 3. The standard InChI is InChI=1S/C18H17F3N8/c1-28-5-3-4-11-6-13(12(7-15(11)28)24-10-18(19,20)21)26-27-17-25-14(8-22)16(9-23)29(17)2/h6-7,24H,3-5,10H2,1-2H3. The minimum absolute atomic E-state index is 0.00899. The van der Waals surface area contributed by atoms with Crippen LogP contribution >= 0.6 is 0 Å². The van der Waals surface area contributed by atoms with Crippen molar-refractivity contribution < 1.29 is 13.2 Å².